The highest BCUT2D eigenvalue weighted by Gasteiger charge is 2.19. The van der Waals surface area contributed by atoms with Gasteiger partial charge in [-0.2, -0.15) is 0 Å². The van der Waals surface area contributed by atoms with E-state index in [1.54, 1.807) is 0 Å². The van der Waals surface area contributed by atoms with E-state index in [9.17, 15) is 0 Å². The number of hydrogen-bond donors (Lipinski definition) is 0. The van der Waals surface area contributed by atoms with Gasteiger partial charge in [0.15, 0.2) is 0 Å². The van der Waals surface area contributed by atoms with E-state index in [1.807, 2.05) is 0 Å². The predicted molar refractivity (Wildman–Crippen MR) is 67.5 cm³/mol. The molecule has 0 saturated carbocycles. The summed E-state index contributed by atoms with van der Waals surface area (Å²) < 4.78 is 2.09. The third-order valence-electron chi connectivity index (χ3n) is 2.54. The van der Waals surface area contributed by atoms with Gasteiger partial charge in [-0.15, -0.1) is 5.10 Å². The zero-order valence-electron chi connectivity index (χ0n) is 11.4. The molecule has 16 heavy (non-hydrogen) atoms. The molecule has 0 aromatic carbocycles. The van der Waals surface area contributed by atoms with Gasteiger partial charge < -0.3 is 0 Å². The molecular formula is C13H25N3. The van der Waals surface area contributed by atoms with Crippen LogP contribution in [0.15, 0.2) is 0 Å². The Labute approximate surface area is 99.2 Å². The van der Waals surface area contributed by atoms with Gasteiger partial charge in [0.2, 0.25) is 0 Å². The zero-order valence-corrected chi connectivity index (χ0v) is 11.4. The third-order valence-corrected chi connectivity index (χ3v) is 2.54. The minimum Gasteiger partial charge on any atom is -0.249 e. The molecule has 0 atom stereocenters. The molecule has 0 N–H and O–H groups in total. The zero-order chi connectivity index (χ0) is 12.2. The van der Waals surface area contributed by atoms with E-state index in [2.05, 4.69) is 49.6 Å². The Morgan fingerprint density at radius 1 is 1.12 bits per heavy atom. The van der Waals surface area contributed by atoms with E-state index in [-0.39, 0.29) is 0 Å². The Morgan fingerprint density at radius 3 is 2.31 bits per heavy atom. The topological polar surface area (TPSA) is 30.7 Å². The molecule has 0 spiro atoms. The number of rotatable bonds is 5. The van der Waals surface area contributed by atoms with Crippen molar-refractivity contribution < 1.29 is 0 Å². The summed E-state index contributed by atoms with van der Waals surface area (Å²) in [7, 11) is 0. The summed E-state index contributed by atoms with van der Waals surface area (Å²) >= 11 is 0. The van der Waals surface area contributed by atoms with Crippen molar-refractivity contribution in [2.75, 3.05) is 0 Å². The fourth-order valence-corrected chi connectivity index (χ4v) is 1.89. The quantitative estimate of drug-likeness (QED) is 0.767. The maximum atomic E-state index is 4.32. The van der Waals surface area contributed by atoms with Gasteiger partial charge >= 0.3 is 0 Å². The number of nitrogens with zero attached hydrogens (tertiary/aromatic N) is 3. The molecule has 92 valence electrons. The van der Waals surface area contributed by atoms with Gasteiger partial charge in [0.25, 0.3) is 0 Å². The molecule has 0 saturated heterocycles. The van der Waals surface area contributed by atoms with Crippen molar-refractivity contribution in [3.8, 4) is 0 Å². The Bertz CT molecular complexity index is 297. The van der Waals surface area contributed by atoms with E-state index in [4.69, 9.17) is 0 Å². The summed E-state index contributed by atoms with van der Waals surface area (Å²) in [5, 5.41) is 8.60. The molecule has 3 nitrogen and oxygen atoms in total. The summed E-state index contributed by atoms with van der Waals surface area (Å²) in [4.78, 5) is 0. The first-order valence-electron chi connectivity index (χ1n) is 6.39. The second-order valence-corrected chi connectivity index (χ2v) is 5.69. The van der Waals surface area contributed by atoms with E-state index >= 15 is 0 Å². The van der Waals surface area contributed by atoms with Crippen molar-refractivity contribution in [1.82, 2.24) is 15.0 Å². The average molecular weight is 223 g/mol. The van der Waals surface area contributed by atoms with Crippen LogP contribution in [-0.2, 0) is 19.4 Å². The second kappa shape index (κ2) is 5.46. The lowest BCUT2D eigenvalue weighted by Gasteiger charge is -2.19. The van der Waals surface area contributed by atoms with E-state index < -0.39 is 0 Å². The maximum absolute atomic E-state index is 4.32. The molecule has 0 radical (unpaired) electrons. The second-order valence-electron chi connectivity index (χ2n) is 5.69. The minimum absolute atomic E-state index is 0.301. The van der Waals surface area contributed by atoms with Crippen LogP contribution in [0.1, 0.15) is 58.8 Å². The van der Waals surface area contributed by atoms with Crippen LogP contribution in [0.2, 0.25) is 0 Å². The summed E-state index contributed by atoms with van der Waals surface area (Å²) in [6.45, 7) is 12.2. The van der Waals surface area contributed by atoms with Crippen molar-refractivity contribution in [3.63, 3.8) is 0 Å². The molecule has 0 unspecified atom stereocenters. The lowest BCUT2D eigenvalue weighted by molar-refractivity contribution is 0.389. The number of aryl methyl sites for hydroxylation is 2. The van der Waals surface area contributed by atoms with Crippen molar-refractivity contribution in [3.05, 3.63) is 11.4 Å². The predicted octanol–water partition coefficient (Wildman–Crippen LogP) is 3.23. The Balaban J connectivity index is 2.94. The molecule has 1 rings (SSSR count). The van der Waals surface area contributed by atoms with Crippen molar-refractivity contribution in [2.24, 2.45) is 5.41 Å². The standard InChI is InChI=1S/C13H25N3/c1-6-8-11-12(10-13(3,4)5)16(9-7-2)15-14-11/h6-10H2,1-5H3. The normalized spacial score (nSPS) is 12.1. The van der Waals surface area contributed by atoms with Crippen molar-refractivity contribution in [1.29, 1.82) is 0 Å². The highest BCUT2D eigenvalue weighted by Crippen LogP contribution is 2.22. The van der Waals surface area contributed by atoms with Gasteiger partial charge in [-0.3, -0.25) is 0 Å². The van der Waals surface area contributed by atoms with Crippen LogP contribution in [-0.4, -0.2) is 15.0 Å². The minimum atomic E-state index is 0.301. The first-order chi connectivity index (χ1) is 7.48. The van der Waals surface area contributed by atoms with Gasteiger partial charge in [-0.05, 0) is 24.7 Å². The van der Waals surface area contributed by atoms with Gasteiger partial charge in [0.1, 0.15) is 0 Å². The van der Waals surface area contributed by atoms with Crippen LogP contribution in [0.25, 0.3) is 0 Å². The largest absolute Gasteiger partial charge is 0.249 e. The molecular weight excluding hydrogens is 198 g/mol. The van der Waals surface area contributed by atoms with Gasteiger partial charge in [0, 0.05) is 6.54 Å². The third kappa shape index (κ3) is 3.62. The van der Waals surface area contributed by atoms with Crippen LogP contribution < -0.4 is 0 Å². The average Bonchev–Trinajstić information content (AvgIpc) is 2.49. The molecule has 1 aromatic heterocycles. The van der Waals surface area contributed by atoms with Crippen LogP contribution >= 0.6 is 0 Å². The van der Waals surface area contributed by atoms with Gasteiger partial charge in [-0.25, -0.2) is 4.68 Å². The summed E-state index contributed by atoms with van der Waals surface area (Å²) in [6, 6.07) is 0. The van der Waals surface area contributed by atoms with Crippen LogP contribution in [0, 0.1) is 5.41 Å². The van der Waals surface area contributed by atoms with Crippen LogP contribution in [0.3, 0.4) is 0 Å². The highest BCUT2D eigenvalue weighted by atomic mass is 15.4. The molecule has 0 amide bonds. The lowest BCUT2D eigenvalue weighted by Crippen LogP contribution is -2.15. The molecule has 0 bridgehead atoms. The number of hydrogen-bond acceptors (Lipinski definition) is 2. The first kappa shape index (κ1) is 13.2. The molecule has 3 heteroatoms. The van der Waals surface area contributed by atoms with E-state index in [1.165, 1.54) is 11.4 Å². The summed E-state index contributed by atoms with van der Waals surface area (Å²) in [6.07, 6.45) is 4.37. The van der Waals surface area contributed by atoms with Crippen molar-refractivity contribution in [2.45, 2.75) is 66.8 Å². The summed E-state index contributed by atoms with van der Waals surface area (Å²) in [5.41, 5.74) is 2.84. The van der Waals surface area contributed by atoms with E-state index in [0.29, 0.717) is 5.41 Å². The van der Waals surface area contributed by atoms with Gasteiger partial charge in [-0.1, -0.05) is 46.3 Å². The first-order valence-corrected chi connectivity index (χ1v) is 6.39. The lowest BCUT2D eigenvalue weighted by atomic mass is 9.89. The molecule has 0 aliphatic heterocycles. The molecule has 0 fully saturated rings. The fourth-order valence-electron chi connectivity index (χ4n) is 1.89. The van der Waals surface area contributed by atoms with Crippen LogP contribution in [0.4, 0.5) is 0 Å². The molecule has 1 aromatic rings. The maximum Gasteiger partial charge on any atom is 0.0859 e. The van der Waals surface area contributed by atoms with Crippen molar-refractivity contribution >= 4 is 0 Å². The smallest absolute Gasteiger partial charge is 0.0859 e. The molecule has 0 aliphatic carbocycles. The van der Waals surface area contributed by atoms with Gasteiger partial charge in [0.05, 0.1) is 11.4 Å². The Hall–Kier alpha value is -0.860. The molecule has 0 aliphatic rings. The fraction of sp³-hybridized carbons (Fsp3) is 0.846. The monoisotopic (exact) mass is 223 g/mol. The molecule has 1 heterocycles. The SMILES string of the molecule is CCCc1nnn(CCC)c1CC(C)(C)C. The Morgan fingerprint density at radius 2 is 1.81 bits per heavy atom. The summed E-state index contributed by atoms with van der Waals surface area (Å²) in [5.74, 6) is 0. The van der Waals surface area contributed by atoms with Crippen LogP contribution in [0.5, 0.6) is 0 Å². The van der Waals surface area contributed by atoms with E-state index in [0.717, 1.165) is 32.2 Å². The highest BCUT2D eigenvalue weighted by molar-refractivity contribution is 5.12. The Kier molecular flexibility index (Phi) is 4.51. The number of aromatic nitrogens is 3.